The molecule has 3 N–H and O–H groups in total. The zero-order valence-electron chi connectivity index (χ0n) is 12.2. The minimum Gasteiger partial charge on any atom is -0.481 e. The van der Waals surface area contributed by atoms with Crippen LogP contribution in [0.25, 0.3) is 0 Å². The highest BCUT2D eigenvalue weighted by Gasteiger charge is 2.44. The summed E-state index contributed by atoms with van der Waals surface area (Å²) in [6, 6.07) is 3.22. The first-order chi connectivity index (χ1) is 9.17. The van der Waals surface area contributed by atoms with Crippen molar-refractivity contribution < 1.29 is 14.7 Å². The summed E-state index contributed by atoms with van der Waals surface area (Å²) in [5.41, 5.74) is -1.10. The first-order valence-electron chi connectivity index (χ1n) is 6.35. The third-order valence-electron chi connectivity index (χ3n) is 3.70. The van der Waals surface area contributed by atoms with Crippen molar-refractivity contribution in [2.45, 2.75) is 39.8 Å². The number of nitrogens with zero attached hydrogens (tertiary/aromatic N) is 1. The summed E-state index contributed by atoms with van der Waals surface area (Å²) in [6.45, 7) is 6.87. The van der Waals surface area contributed by atoms with Crippen LogP contribution < -0.4 is 10.6 Å². The molecule has 1 aromatic heterocycles. The highest BCUT2D eigenvalue weighted by atomic mass is 16.4. The standard InChI is InChI=1S/C14H21N3O3/c1-13(2,11(18)19)14(3,4)17-12(20)16-9-10-6-5-7-15-8-10/h5-8H,9H2,1-4H3,(H,18,19)(H2,16,17,20). The van der Waals surface area contributed by atoms with Gasteiger partial charge in [-0.15, -0.1) is 0 Å². The third kappa shape index (κ3) is 3.69. The van der Waals surface area contributed by atoms with Crippen LogP contribution in [-0.2, 0) is 11.3 Å². The number of hydrogen-bond acceptors (Lipinski definition) is 3. The predicted molar refractivity (Wildman–Crippen MR) is 75.1 cm³/mol. The molecule has 0 aromatic carbocycles. The summed E-state index contributed by atoms with van der Waals surface area (Å²) >= 11 is 0. The second-order valence-electron chi connectivity index (χ2n) is 5.72. The summed E-state index contributed by atoms with van der Waals surface area (Å²) < 4.78 is 0. The number of carbonyl (C=O) groups is 2. The van der Waals surface area contributed by atoms with Crippen LogP contribution in [0.5, 0.6) is 0 Å². The van der Waals surface area contributed by atoms with Gasteiger partial charge in [0.2, 0.25) is 0 Å². The number of urea groups is 1. The first kappa shape index (κ1) is 15.9. The molecule has 0 spiro atoms. The van der Waals surface area contributed by atoms with E-state index in [1.54, 1.807) is 46.2 Å². The molecule has 0 aliphatic rings. The molecule has 0 saturated carbocycles. The van der Waals surface area contributed by atoms with E-state index in [1.807, 2.05) is 6.07 Å². The lowest BCUT2D eigenvalue weighted by Gasteiger charge is -2.38. The minimum atomic E-state index is -1.08. The van der Waals surface area contributed by atoms with Crippen molar-refractivity contribution in [3.05, 3.63) is 30.1 Å². The van der Waals surface area contributed by atoms with Gasteiger partial charge in [-0.05, 0) is 39.3 Å². The Kier molecular flexibility index (Phi) is 4.70. The van der Waals surface area contributed by atoms with E-state index in [4.69, 9.17) is 0 Å². The summed E-state index contributed by atoms with van der Waals surface area (Å²) in [7, 11) is 0. The SMILES string of the molecule is CC(C)(NC(=O)NCc1cccnc1)C(C)(C)C(=O)O. The number of aromatic nitrogens is 1. The smallest absolute Gasteiger partial charge is 0.315 e. The van der Waals surface area contributed by atoms with Gasteiger partial charge in [0, 0.05) is 18.9 Å². The Hall–Kier alpha value is -2.11. The maximum atomic E-state index is 11.9. The Labute approximate surface area is 118 Å². The zero-order chi connectivity index (χ0) is 15.4. The molecule has 2 amide bonds. The maximum Gasteiger partial charge on any atom is 0.315 e. The minimum absolute atomic E-state index is 0.337. The fourth-order valence-electron chi connectivity index (χ4n) is 1.44. The number of carbonyl (C=O) groups excluding carboxylic acids is 1. The molecule has 0 radical (unpaired) electrons. The highest BCUT2D eigenvalue weighted by molar-refractivity contribution is 5.79. The second kappa shape index (κ2) is 5.90. The Bertz CT molecular complexity index is 484. The lowest BCUT2D eigenvalue weighted by Crippen LogP contribution is -2.58. The molecular weight excluding hydrogens is 258 g/mol. The highest BCUT2D eigenvalue weighted by Crippen LogP contribution is 2.30. The van der Waals surface area contributed by atoms with E-state index in [9.17, 15) is 14.7 Å². The van der Waals surface area contributed by atoms with Gasteiger partial charge >= 0.3 is 12.0 Å². The molecule has 20 heavy (non-hydrogen) atoms. The van der Waals surface area contributed by atoms with E-state index in [2.05, 4.69) is 15.6 Å². The van der Waals surface area contributed by atoms with Crippen LogP contribution >= 0.6 is 0 Å². The molecular formula is C14H21N3O3. The zero-order valence-corrected chi connectivity index (χ0v) is 12.2. The van der Waals surface area contributed by atoms with E-state index in [1.165, 1.54) is 0 Å². The van der Waals surface area contributed by atoms with Gasteiger partial charge in [0.05, 0.1) is 11.0 Å². The van der Waals surface area contributed by atoms with E-state index >= 15 is 0 Å². The Morgan fingerprint density at radius 2 is 1.95 bits per heavy atom. The number of amides is 2. The molecule has 1 heterocycles. The van der Waals surface area contributed by atoms with Crippen molar-refractivity contribution >= 4 is 12.0 Å². The first-order valence-corrected chi connectivity index (χ1v) is 6.35. The van der Waals surface area contributed by atoms with Crippen molar-refractivity contribution in [2.75, 3.05) is 0 Å². The van der Waals surface area contributed by atoms with E-state index < -0.39 is 23.0 Å². The number of hydrogen-bond donors (Lipinski definition) is 3. The number of rotatable bonds is 5. The van der Waals surface area contributed by atoms with Crippen LogP contribution in [0.1, 0.15) is 33.3 Å². The molecule has 0 aliphatic carbocycles. The quantitative estimate of drug-likeness (QED) is 0.766. The van der Waals surface area contributed by atoms with Gasteiger partial charge in [-0.2, -0.15) is 0 Å². The van der Waals surface area contributed by atoms with Crippen LogP contribution in [0.4, 0.5) is 4.79 Å². The van der Waals surface area contributed by atoms with Crippen molar-refractivity contribution in [2.24, 2.45) is 5.41 Å². The maximum absolute atomic E-state index is 11.9. The summed E-state index contributed by atoms with van der Waals surface area (Å²) in [5.74, 6) is -0.963. The summed E-state index contributed by atoms with van der Waals surface area (Å²) in [5, 5.41) is 14.6. The van der Waals surface area contributed by atoms with Crippen molar-refractivity contribution in [1.29, 1.82) is 0 Å². The van der Waals surface area contributed by atoms with Crippen molar-refractivity contribution in [1.82, 2.24) is 15.6 Å². The van der Waals surface area contributed by atoms with Crippen molar-refractivity contribution in [3.63, 3.8) is 0 Å². The Morgan fingerprint density at radius 3 is 2.45 bits per heavy atom. The number of carboxylic acids is 1. The monoisotopic (exact) mass is 279 g/mol. The van der Waals surface area contributed by atoms with Gasteiger partial charge in [-0.25, -0.2) is 4.79 Å². The lowest BCUT2D eigenvalue weighted by molar-refractivity contribution is -0.150. The van der Waals surface area contributed by atoms with E-state index in [-0.39, 0.29) is 0 Å². The van der Waals surface area contributed by atoms with Crippen LogP contribution in [0, 0.1) is 5.41 Å². The normalized spacial score (nSPS) is 11.8. The lowest BCUT2D eigenvalue weighted by atomic mass is 9.74. The molecule has 110 valence electrons. The molecule has 0 unspecified atom stereocenters. The van der Waals surface area contributed by atoms with Crippen molar-refractivity contribution in [3.8, 4) is 0 Å². The van der Waals surface area contributed by atoms with Gasteiger partial charge in [-0.3, -0.25) is 9.78 Å². The van der Waals surface area contributed by atoms with E-state index in [0.717, 1.165) is 5.56 Å². The fraction of sp³-hybridized carbons (Fsp3) is 0.500. The molecule has 1 aromatic rings. The number of pyridine rings is 1. The molecule has 6 nitrogen and oxygen atoms in total. The fourth-order valence-corrected chi connectivity index (χ4v) is 1.44. The molecule has 0 saturated heterocycles. The summed E-state index contributed by atoms with van der Waals surface area (Å²) in [4.78, 5) is 27.1. The Morgan fingerprint density at radius 1 is 1.30 bits per heavy atom. The second-order valence-corrected chi connectivity index (χ2v) is 5.72. The number of nitrogens with one attached hydrogen (secondary N) is 2. The Balaban J connectivity index is 2.60. The summed E-state index contributed by atoms with van der Waals surface area (Å²) in [6.07, 6.45) is 3.31. The molecule has 1 rings (SSSR count). The average molecular weight is 279 g/mol. The molecule has 0 aliphatic heterocycles. The van der Waals surface area contributed by atoms with Gasteiger partial charge in [0.25, 0.3) is 0 Å². The van der Waals surface area contributed by atoms with E-state index in [0.29, 0.717) is 6.54 Å². The largest absolute Gasteiger partial charge is 0.481 e. The van der Waals surface area contributed by atoms with Gasteiger partial charge < -0.3 is 15.7 Å². The third-order valence-corrected chi connectivity index (χ3v) is 3.70. The number of aliphatic carboxylic acids is 1. The molecule has 0 bridgehead atoms. The molecule has 0 atom stereocenters. The van der Waals surface area contributed by atoms with Gasteiger partial charge in [0.15, 0.2) is 0 Å². The van der Waals surface area contributed by atoms with Crippen LogP contribution in [0.15, 0.2) is 24.5 Å². The van der Waals surface area contributed by atoms with Crippen LogP contribution in [-0.4, -0.2) is 27.6 Å². The molecule has 0 fully saturated rings. The van der Waals surface area contributed by atoms with Gasteiger partial charge in [-0.1, -0.05) is 6.07 Å². The van der Waals surface area contributed by atoms with Gasteiger partial charge in [0.1, 0.15) is 0 Å². The average Bonchev–Trinajstić information content (AvgIpc) is 2.36. The molecule has 6 heteroatoms. The van der Waals surface area contributed by atoms with Crippen LogP contribution in [0.3, 0.4) is 0 Å². The van der Waals surface area contributed by atoms with Crippen LogP contribution in [0.2, 0.25) is 0 Å². The predicted octanol–water partition coefficient (Wildman–Crippen LogP) is 1.77. The topological polar surface area (TPSA) is 91.3 Å². The number of carboxylic acid groups (broad SMARTS) is 1.